The van der Waals surface area contributed by atoms with E-state index in [4.69, 9.17) is 20.7 Å². The van der Waals surface area contributed by atoms with Crippen LogP contribution in [0.5, 0.6) is 0 Å². The fourth-order valence-corrected chi connectivity index (χ4v) is 7.00. The van der Waals surface area contributed by atoms with E-state index in [1.54, 1.807) is 0 Å². The van der Waals surface area contributed by atoms with Crippen LogP contribution in [0, 0.1) is 17.3 Å². The van der Waals surface area contributed by atoms with Crippen LogP contribution in [-0.2, 0) is 28.7 Å². The van der Waals surface area contributed by atoms with Gasteiger partial charge < -0.3 is 31.3 Å². The van der Waals surface area contributed by atoms with Gasteiger partial charge in [-0.2, -0.15) is 11.8 Å². The van der Waals surface area contributed by atoms with Gasteiger partial charge in [-0.15, -0.1) is 0 Å². The Morgan fingerprint density at radius 1 is 1.27 bits per heavy atom. The van der Waals surface area contributed by atoms with Crippen molar-refractivity contribution in [1.82, 2.24) is 10.6 Å². The van der Waals surface area contributed by atoms with Crippen molar-refractivity contribution < 1.29 is 38.9 Å². The molecule has 0 aromatic rings. The van der Waals surface area contributed by atoms with E-state index in [1.807, 2.05) is 0 Å². The maximum atomic E-state index is 12.8. The normalized spacial score (nSPS) is 28.4. The first-order valence-electron chi connectivity index (χ1n) is 12.7. The Bertz CT molecular complexity index is 970. The van der Waals surface area contributed by atoms with Gasteiger partial charge in [-0.1, -0.05) is 18.1 Å². The van der Waals surface area contributed by atoms with Crippen molar-refractivity contribution in [3.05, 3.63) is 11.1 Å². The van der Waals surface area contributed by atoms with E-state index in [0.29, 0.717) is 5.75 Å². The van der Waals surface area contributed by atoms with Crippen molar-refractivity contribution in [2.24, 2.45) is 23.0 Å². The molecule has 0 aromatic carbocycles. The summed E-state index contributed by atoms with van der Waals surface area (Å²) in [6, 6.07) is -2.26. The molecule has 11 nitrogen and oxygen atoms in total. The Hall–Kier alpha value is -2.60. The molecule has 0 radical (unpaired) electrons. The highest BCUT2D eigenvalue weighted by molar-refractivity contribution is 7.99. The highest BCUT2D eigenvalue weighted by atomic mass is 32.2. The maximum absolute atomic E-state index is 12.8. The summed E-state index contributed by atoms with van der Waals surface area (Å²) in [4.78, 5) is 59.4. The first kappa shape index (κ1) is 29.0. The lowest BCUT2D eigenvalue weighted by molar-refractivity contribution is -0.145. The molecule has 2 aliphatic carbocycles. The van der Waals surface area contributed by atoms with Crippen LogP contribution < -0.4 is 16.4 Å². The van der Waals surface area contributed by atoms with Crippen LogP contribution in [-0.4, -0.2) is 76.2 Å². The zero-order valence-corrected chi connectivity index (χ0v) is 22.1. The van der Waals surface area contributed by atoms with Gasteiger partial charge in [0.2, 0.25) is 11.8 Å². The van der Waals surface area contributed by atoms with E-state index in [2.05, 4.69) is 24.5 Å². The van der Waals surface area contributed by atoms with Gasteiger partial charge in [0.05, 0.1) is 5.92 Å². The van der Waals surface area contributed by atoms with Crippen LogP contribution in [0.4, 0.5) is 0 Å². The summed E-state index contributed by atoms with van der Waals surface area (Å²) < 4.78 is 5.79. The van der Waals surface area contributed by atoms with E-state index in [9.17, 15) is 24.0 Å². The summed E-state index contributed by atoms with van der Waals surface area (Å²) in [7, 11) is 0. The largest absolute Gasteiger partial charge is 0.480 e. The van der Waals surface area contributed by atoms with Crippen LogP contribution in [0.15, 0.2) is 11.1 Å². The number of nitrogens with two attached hydrogens (primary N) is 1. The number of fused-ring (bicyclic) bond motifs is 2. The number of aliphatic carboxylic acids is 2. The summed E-state index contributed by atoms with van der Waals surface area (Å²) in [5.41, 5.74) is 8.38. The van der Waals surface area contributed by atoms with E-state index >= 15 is 0 Å². The number of amides is 2. The van der Waals surface area contributed by atoms with Crippen LogP contribution in [0.1, 0.15) is 58.8 Å². The Balaban J connectivity index is 1.60. The number of rotatable bonds is 12. The average Bonchev–Trinajstić information content (AvgIpc) is 3.12. The number of carboxylic acids is 2. The second kappa shape index (κ2) is 12.3. The van der Waals surface area contributed by atoms with E-state index in [-0.39, 0.29) is 47.9 Å². The molecule has 6 atom stereocenters. The number of hydrogen-bond acceptors (Lipinski definition) is 8. The molecule has 206 valence electrons. The molecular weight excluding hydrogens is 502 g/mol. The number of carboxylic acid groups (broad SMARTS) is 2. The zero-order valence-electron chi connectivity index (χ0n) is 21.3. The number of carbonyl (C=O) groups excluding carboxylic acids is 3. The molecule has 0 aromatic heterocycles. The first-order chi connectivity index (χ1) is 17.4. The van der Waals surface area contributed by atoms with Crippen molar-refractivity contribution in [3.63, 3.8) is 0 Å². The van der Waals surface area contributed by atoms with Gasteiger partial charge in [0, 0.05) is 23.8 Å². The Kier molecular flexibility index (Phi) is 9.63. The maximum Gasteiger partial charge on any atom is 0.322 e. The molecule has 37 heavy (non-hydrogen) atoms. The molecule has 0 spiro atoms. The molecule has 3 rings (SSSR count). The zero-order chi connectivity index (χ0) is 27.3. The molecular formula is C25H37N3O8S. The van der Waals surface area contributed by atoms with E-state index in [1.165, 1.54) is 22.9 Å². The molecule has 3 aliphatic rings. The second-order valence-corrected chi connectivity index (χ2v) is 11.7. The number of ether oxygens (including phenoxy) is 1. The summed E-state index contributed by atoms with van der Waals surface area (Å²) in [6.45, 7) is 3.84. The van der Waals surface area contributed by atoms with Gasteiger partial charge >= 0.3 is 17.9 Å². The Morgan fingerprint density at radius 3 is 2.68 bits per heavy atom. The Labute approximate surface area is 220 Å². The predicted octanol–water partition coefficient (Wildman–Crippen LogP) is 1.06. The van der Waals surface area contributed by atoms with Gasteiger partial charge in [0.1, 0.15) is 24.7 Å². The highest BCUT2D eigenvalue weighted by Gasteiger charge is 2.52. The Morgan fingerprint density at radius 2 is 2.00 bits per heavy atom. The molecule has 12 heteroatoms. The van der Waals surface area contributed by atoms with Crippen LogP contribution in [0.2, 0.25) is 0 Å². The third kappa shape index (κ3) is 7.25. The first-order valence-corrected chi connectivity index (χ1v) is 13.8. The van der Waals surface area contributed by atoms with Gasteiger partial charge in [-0.3, -0.25) is 24.0 Å². The topological polar surface area (TPSA) is 185 Å². The SMILES string of the molecule is CC1=C2C[C@@H]3C(CSC[C@H](NC(=O)CC[C@H](N)C(=O)O)C(=O)NCC(=O)O)C(=O)O[C@@H]3C[C@@]2(C)CCC1. The molecule has 1 saturated heterocycles. The summed E-state index contributed by atoms with van der Waals surface area (Å²) in [5, 5.41) is 22.6. The van der Waals surface area contributed by atoms with Gasteiger partial charge in [0.15, 0.2) is 0 Å². The lowest BCUT2D eigenvalue weighted by Crippen LogP contribution is -2.49. The summed E-state index contributed by atoms with van der Waals surface area (Å²) in [5.74, 6) is -3.67. The third-order valence-corrected chi connectivity index (χ3v) is 8.99. The minimum atomic E-state index is -1.23. The number of nitrogens with one attached hydrogen (secondary N) is 2. The average molecular weight is 540 g/mol. The summed E-state index contributed by atoms with van der Waals surface area (Å²) in [6.07, 6.45) is 4.56. The fourth-order valence-electron chi connectivity index (χ4n) is 5.76. The number of allylic oxidation sites excluding steroid dienone is 2. The predicted molar refractivity (Wildman–Crippen MR) is 135 cm³/mol. The lowest BCUT2D eigenvalue weighted by Gasteiger charge is -2.45. The smallest absolute Gasteiger partial charge is 0.322 e. The van der Waals surface area contributed by atoms with Crippen molar-refractivity contribution >= 4 is 41.5 Å². The standard InChI is InChI=1S/C25H37N3O8S/c1-13-4-3-7-25(2)9-19-14(8-16(13)25)15(24(35)36-19)11-37-12-18(22(32)27-10-21(30)31)28-20(29)6-5-17(26)23(33)34/h14-15,17-19H,3-12,26H2,1-2H3,(H,27,32)(H,28,29)(H,30,31)(H,33,34)/t14-,15?,17+,18+,19-,25-/m1/s1. The van der Waals surface area contributed by atoms with E-state index < -0.39 is 42.4 Å². The third-order valence-electron chi connectivity index (χ3n) is 7.83. The van der Waals surface area contributed by atoms with Crippen molar-refractivity contribution in [2.75, 3.05) is 18.1 Å². The van der Waals surface area contributed by atoms with Crippen molar-refractivity contribution in [3.8, 4) is 0 Å². The number of carbonyl (C=O) groups is 5. The lowest BCUT2D eigenvalue weighted by atomic mass is 9.60. The second-order valence-electron chi connectivity index (χ2n) is 10.6. The summed E-state index contributed by atoms with van der Waals surface area (Å²) >= 11 is 1.32. The molecule has 1 unspecified atom stereocenters. The number of esters is 1. The molecule has 6 N–H and O–H groups in total. The minimum absolute atomic E-state index is 0.0718. The van der Waals surface area contributed by atoms with Crippen molar-refractivity contribution in [2.45, 2.75) is 77.0 Å². The van der Waals surface area contributed by atoms with Crippen LogP contribution in [0.25, 0.3) is 0 Å². The fraction of sp³-hybridized carbons (Fsp3) is 0.720. The van der Waals surface area contributed by atoms with Crippen LogP contribution in [0.3, 0.4) is 0 Å². The van der Waals surface area contributed by atoms with Crippen LogP contribution >= 0.6 is 11.8 Å². The molecule has 1 saturated carbocycles. The number of thioether (sulfide) groups is 1. The molecule has 2 fully saturated rings. The quantitative estimate of drug-likeness (QED) is 0.177. The monoisotopic (exact) mass is 539 g/mol. The van der Waals surface area contributed by atoms with E-state index in [0.717, 1.165) is 32.1 Å². The molecule has 0 bridgehead atoms. The molecule has 2 amide bonds. The van der Waals surface area contributed by atoms with Gasteiger partial charge in [-0.25, -0.2) is 0 Å². The molecule has 1 aliphatic heterocycles. The van der Waals surface area contributed by atoms with Crippen molar-refractivity contribution in [1.29, 1.82) is 0 Å². The number of hydrogen-bond donors (Lipinski definition) is 5. The molecule has 1 heterocycles. The van der Waals surface area contributed by atoms with Gasteiger partial charge in [0.25, 0.3) is 0 Å². The van der Waals surface area contributed by atoms with Gasteiger partial charge in [-0.05, 0) is 50.9 Å². The minimum Gasteiger partial charge on any atom is -0.480 e. The highest BCUT2D eigenvalue weighted by Crippen LogP contribution is 2.55.